The van der Waals surface area contributed by atoms with Gasteiger partial charge in [0.1, 0.15) is 5.75 Å². The van der Waals surface area contributed by atoms with E-state index >= 15 is 0 Å². The first-order valence-corrected chi connectivity index (χ1v) is 13.5. The SMILES string of the molecule is OC1(c2ccc(Cl)cc2)CCN(CCCCCOc2ccc3c(ccn3-c3ccc(Cl)cc3)c2)CC1. The molecule has 0 spiro atoms. The fraction of sp³-hybridized carbons (Fsp3) is 0.333. The molecule has 0 amide bonds. The van der Waals surface area contributed by atoms with Crippen LogP contribution in [0.25, 0.3) is 16.6 Å². The molecule has 0 radical (unpaired) electrons. The summed E-state index contributed by atoms with van der Waals surface area (Å²) < 4.78 is 8.20. The molecule has 0 aliphatic carbocycles. The topological polar surface area (TPSA) is 37.6 Å². The molecule has 5 rings (SSSR count). The molecule has 0 unspecified atom stereocenters. The number of hydrogen-bond donors (Lipinski definition) is 1. The van der Waals surface area contributed by atoms with Gasteiger partial charge in [-0.3, -0.25) is 0 Å². The van der Waals surface area contributed by atoms with Crippen molar-refractivity contribution in [3.63, 3.8) is 0 Å². The number of halogens is 2. The van der Waals surface area contributed by atoms with E-state index in [2.05, 4.69) is 33.9 Å². The first-order valence-electron chi connectivity index (χ1n) is 12.7. The molecule has 0 bridgehead atoms. The monoisotopic (exact) mass is 522 g/mol. The Labute approximate surface area is 223 Å². The molecule has 36 heavy (non-hydrogen) atoms. The number of ether oxygens (including phenoxy) is 1. The quantitative estimate of drug-likeness (QED) is 0.231. The molecule has 6 heteroatoms. The van der Waals surface area contributed by atoms with Gasteiger partial charge in [0.05, 0.1) is 17.7 Å². The van der Waals surface area contributed by atoms with Crippen LogP contribution < -0.4 is 4.74 Å². The number of fused-ring (bicyclic) bond motifs is 1. The van der Waals surface area contributed by atoms with E-state index in [0.717, 1.165) is 91.3 Å². The number of likely N-dealkylation sites (tertiary alicyclic amines) is 1. The number of aromatic nitrogens is 1. The molecule has 3 aromatic carbocycles. The lowest BCUT2D eigenvalue weighted by Crippen LogP contribution is -2.42. The Balaban J connectivity index is 1.03. The van der Waals surface area contributed by atoms with Crippen molar-refractivity contribution in [2.75, 3.05) is 26.2 Å². The smallest absolute Gasteiger partial charge is 0.120 e. The lowest BCUT2D eigenvalue weighted by molar-refractivity contribution is -0.0261. The van der Waals surface area contributed by atoms with Gasteiger partial charge >= 0.3 is 0 Å². The highest BCUT2D eigenvalue weighted by molar-refractivity contribution is 6.30. The van der Waals surface area contributed by atoms with E-state index < -0.39 is 5.60 Å². The first kappa shape index (κ1) is 25.2. The molecule has 0 saturated carbocycles. The summed E-state index contributed by atoms with van der Waals surface area (Å²) in [5.41, 5.74) is 2.48. The van der Waals surface area contributed by atoms with Crippen molar-refractivity contribution in [1.82, 2.24) is 9.47 Å². The van der Waals surface area contributed by atoms with E-state index in [1.165, 1.54) is 0 Å². The van der Waals surface area contributed by atoms with Gasteiger partial charge in [0.25, 0.3) is 0 Å². The Hall–Kier alpha value is -2.50. The van der Waals surface area contributed by atoms with Crippen molar-refractivity contribution >= 4 is 34.1 Å². The molecule has 2 heterocycles. The van der Waals surface area contributed by atoms with E-state index in [0.29, 0.717) is 5.02 Å². The lowest BCUT2D eigenvalue weighted by atomic mass is 9.84. The second-order valence-electron chi connectivity index (χ2n) is 9.67. The molecular weight excluding hydrogens is 491 g/mol. The molecule has 1 aliphatic heterocycles. The summed E-state index contributed by atoms with van der Waals surface area (Å²) in [6, 6.07) is 23.9. The summed E-state index contributed by atoms with van der Waals surface area (Å²) in [7, 11) is 0. The molecule has 4 aromatic rings. The highest BCUT2D eigenvalue weighted by Gasteiger charge is 2.33. The summed E-state index contributed by atoms with van der Waals surface area (Å²) in [5, 5.41) is 13.6. The van der Waals surface area contributed by atoms with Gasteiger partial charge in [0.2, 0.25) is 0 Å². The third-order valence-corrected chi connectivity index (χ3v) is 7.72. The van der Waals surface area contributed by atoms with E-state index in [1.807, 2.05) is 54.6 Å². The summed E-state index contributed by atoms with van der Waals surface area (Å²) in [4.78, 5) is 2.46. The van der Waals surface area contributed by atoms with Crippen LogP contribution in [-0.4, -0.2) is 40.8 Å². The minimum atomic E-state index is -0.730. The molecule has 188 valence electrons. The van der Waals surface area contributed by atoms with Crippen LogP contribution in [0.5, 0.6) is 5.75 Å². The molecule has 0 atom stereocenters. The average molecular weight is 524 g/mol. The summed E-state index contributed by atoms with van der Waals surface area (Å²) in [6.45, 7) is 3.64. The second kappa shape index (κ2) is 11.3. The van der Waals surface area contributed by atoms with E-state index in [9.17, 15) is 5.11 Å². The van der Waals surface area contributed by atoms with E-state index in [-0.39, 0.29) is 0 Å². The van der Waals surface area contributed by atoms with Crippen molar-refractivity contribution < 1.29 is 9.84 Å². The maximum atomic E-state index is 11.0. The van der Waals surface area contributed by atoms with Gasteiger partial charge in [0.15, 0.2) is 0 Å². The number of hydrogen-bond acceptors (Lipinski definition) is 3. The zero-order valence-corrected chi connectivity index (χ0v) is 21.9. The Morgan fingerprint density at radius 3 is 2.22 bits per heavy atom. The van der Waals surface area contributed by atoms with Crippen LogP contribution >= 0.6 is 23.2 Å². The summed E-state index contributed by atoms with van der Waals surface area (Å²) in [5.74, 6) is 0.911. The zero-order valence-electron chi connectivity index (χ0n) is 20.4. The largest absolute Gasteiger partial charge is 0.494 e. The minimum absolute atomic E-state index is 0.706. The first-order chi connectivity index (χ1) is 17.5. The average Bonchev–Trinajstić information content (AvgIpc) is 3.31. The normalized spacial score (nSPS) is 15.9. The fourth-order valence-corrected chi connectivity index (χ4v) is 5.29. The maximum absolute atomic E-state index is 11.0. The molecule has 1 aliphatic rings. The Bertz CT molecular complexity index is 1280. The van der Waals surface area contributed by atoms with Crippen LogP contribution in [0.2, 0.25) is 10.0 Å². The van der Waals surface area contributed by atoms with Gasteiger partial charge < -0.3 is 19.3 Å². The molecule has 1 fully saturated rings. The van der Waals surface area contributed by atoms with Crippen molar-refractivity contribution in [2.45, 2.75) is 37.7 Å². The van der Waals surface area contributed by atoms with Gasteiger partial charge in [-0.25, -0.2) is 0 Å². The maximum Gasteiger partial charge on any atom is 0.120 e. The number of nitrogens with zero attached hydrogens (tertiary/aromatic N) is 2. The molecule has 4 nitrogen and oxygen atoms in total. The van der Waals surface area contributed by atoms with Crippen LogP contribution in [0.15, 0.2) is 79.0 Å². The molecular formula is C30H32Cl2N2O2. The minimum Gasteiger partial charge on any atom is -0.494 e. The Morgan fingerprint density at radius 1 is 0.806 bits per heavy atom. The van der Waals surface area contributed by atoms with E-state index in [1.54, 1.807) is 0 Å². The predicted octanol–water partition coefficient (Wildman–Crippen LogP) is 7.47. The molecule has 1 N–H and O–H groups in total. The van der Waals surface area contributed by atoms with Crippen LogP contribution in [0.3, 0.4) is 0 Å². The van der Waals surface area contributed by atoms with Gasteiger partial charge in [0, 0.05) is 40.4 Å². The number of aliphatic hydroxyl groups is 1. The fourth-order valence-electron chi connectivity index (χ4n) is 5.04. The van der Waals surface area contributed by atoms with Gasteiger partial charge in [-0.2, -0.15) is 0 Å². The van der Waals surface area contributed by atoms with Crippen molar-refractivity contribution in [2.24, 2.45) is 0 Å². The summed E-state index contributed by atoms with van der Waals surface area (Å²) in [6.07, 6.45) is 6.92. The number of piperidine rings is 1. The zero-order chi connectivity index (χ0) is 25.0. The van der Waals surface area contributed by atoms with Crippen molar-refractivity contribution in [3.05, 3.63) is 94.6 Å². The third-order valence-electron chi connectivity index (χ3n) is 7.22. The van der Waals surface area contributed by atoms with Crippen LogP contribution in [0, 0.1) is 0 Å². The highest BCUT2D eigenvalue weighted by atomic mass is 35.5. The Morgan fingerprint density at radius 2 is 1.50 bits per heavy atom. The van der Waals surface area contributed by atoms with Gasteiger partial charge in [-0.05, 0) is 105 Å². The van der Waals surface area contributed by atoms with Crippen LogP contribution in [-0.2, 0) is 5.60 Å². The number of rotatable bonds is 9. The molecule has 1 aromatic heterocycles. The van der Waals surface area contributed by atoms with Gasteiger partial charge in [-0.15, -0.1) is 0 Å². The highest BCUT2D eigenvalue weighted by Crippen LogP contribution is 2.33. The standard InChI is InChI=1S/C30H32Cl2N2O2/c31-25-6-4-24(5-7-25)30(35)15-19-33(20-16-30)17-2-1-3-21-36-28-12-13-29-23(22-28)14-18-34(29)27-10-8-26(32)9-11-27/h4-14,18,22,35H,1-3,15-17,19-21H2. The van der Waals surface area contributed by atoms with Crippen LogP contribution in [0.4, 0.5) is 0 Å². The van der Waals surface area contributed by atoms with Crippen molar-refractivity contribution in [3.8, 4) is 11.4 Å². The van der Waals surface area contributed by atoms with Gasteiger partial charge in [-0.1, -0.05) is 35.3 Å². The van der Waals surface area contributed by atoms with Crippen molar-refractivity contribution in [1.29, 1.82) is 0 Å². The third kappa shape index (κ3) is 5.90. The Kier molecular flexibility index (Phi) is 7.87. The second-order valence-corrected chi connectivity index (χ2v) is 10.5. The number of unbranched alkanes of at least 4 members (excludes halogenated alkanes) is 2. The van der Waals surface area contributed by atoms with Crippen LogP contribution in [0.1, 0.15) is 37.7 Å². The van der Waals surface area contributed by atoms with E-state index in [4.69, 9.17) is 27.9 Å². The lowest BCUT2D eigenvalue weighted by Gasteiger charge is -2.38. The predicted molar refractivity (Wildman–Crippen MR) is 149 cm³/mol. The summed E-state index contributed by atoms with van der Waals surface area (Å²) >= 11 is 12.0. The molecule has 1 saturated heterocycles. The number of benzene rings is 3.